The van der Waals surface area contributed by atoms with Crippen molar-refractivity contribution in [3.05, 3.63) is 40.9 Å². The lowest BCUT2D eigenvalue weighted by Crippen LogP contribution is -2.23. The van der Waals surface area contributed by atoms with E-state index in [1.54, 1.807) is 6.92 Å². The summed E-state index contributed by atoms with van der Waals surface area (Å²) in [6, 6.07) is 2.94. The molecule has 0 bridgehead atoms. The summed E-state index contributed by atoms with van der Waals surface area (Å²) in [4.78, 5) is 16.2. The summed E-state index contributed by atoms with van der Waals surface area (Å²) in [6.07, 6.45) is 0. The third-order valence-corrected chi connectivity index (χ3v) is 4.62. The Bertz CT molecular complexity index is 631. The minimum absolute atomic E-state index is 0.155. The van der Waals surface area contributed by atoms with Gasteiger partial charge in [0.2, 0.25) is 5.91 Å². The van der Waals surface area contributed by atoms with Crippen molar-refractivity contribution in [1.29, 1.82) is 0 Å². The molecule has 0 unspecified atom stereocenters. The van der Waals surface area contributed by atoms with Crippen molar-refractivity contribution in [2.75, 3.05) is 5.32 Å². The van der Waals surface area contributed by atoms with Crippen molar-refractivity contribution in [2.45, 2.75) is 23.4 Å². The normalized spacial score (nSPS) is 12.2. The van der Waals surface area contributed by atoms with E-state index in [0.29, 0.717) is 0 Å². The zero-order chi connectivity index (χ0) is 14.7. The molecule has 0 spiro atoms. The average Bonchev–Trinajstić information content (AvgIpc) is 2.79. The van der Waals surface area contributed by atoms with Crippen LogP contribution in [-0.2, 0) is 4.79 Å². The molecule has 106 valence electrons. The van der Waals surface area contributed by atoms with Gasteiger partial charge in [-0.2, -0.15) is 0 Å². The topological polar surface area (TPSA) is 42.0 Å². The van der Waals surface area contributed by atoms with Crippen LogP contribution in [0.15, 0.2) is 27.9 Å². The van der Waals surface area contributed by atoms with Crippen LogP contribution < -0.4 is 5.32 Å². The van der Waals surface area contributed by atoms with E-state index in [0.717, 1.165) is 28.2 Å². The SMILES string of the molecule is Cc1csc(S[C@@H](C)C(=O)Nc2cc(F)ccc2F)n1. The van der Waals surface area contributed by atoms with Crippen molar-refractivity contribution in [3.8, 4) is 0 Å². The molecule has 0 fully saturated rings. The summed E-state index contributed by atoms with van der Waals surface area (Å²) in [6.45, 7) is 3.56. The molecule has 1 atom stereocenters. The third-order valence-electron chi connectivity index (χ3n) is 2.43. The highest BCUT2D eigenvalue weighted by Gasteiger charge is 2.17. The molecule has 0 radical (unpaired) electrons. The van der Waals surface area contributed by atoms with Gasteiger partial charge in [0, 0.05) is 17.1 Å². The largest absolute Gasteiger partial charge is 0.323 e. The van der Waals surface area contributed by atoms with Gasteiger partial charge in [-0.1, -0.05) is 11.8 Å². The number of hydrogen-bond donors (Lipinski definition) is 1. The number of rotatable bonds is 4. The van der Waals surface area contributed by atoms with Gasteiger partial charge < -0.3 is 5.32 Å². The van der Waals surface area contributed by atoms with Gasteiger partial charge in [0.25, 0.3) is 0 Å². The van der Waals surface area contributed by atoms with Crippen LogP contribution in [0.1, 0.15) is 12.6 Å². The molecule has 1 aromatic heterocycles. The molecule has 0 saturated heterocycles. The maximum absolute atomic E-state index is 13.4. The zero-order valence-corrected chi connectivity index (χ0v) is 12.4. The molecule has 0 saturated carbocycles. The summed E-state index contributed by atoms with van der Waals surface area (Å²) in [5, 5.41) is 3.81. The Morgan fingerprint density at radius 1 is 1.45 bits per heavy atom. The summed E-state index contributed by atoms with van der Waals surface area (Å²) in [5.74, 6) is -1.66. The summed E-state index contributed by atoms with van der Waals surface area (Å²) in [5.41, 5.74) is 0.735. The fourth-order valence-electron chi connectivity index (χ4n) is 1.42. The van der Waals surface area contributed by atoms with Crippen LogP contribution in [0, 0.1) is 18.6 Å². The van der Waals surface area contributed by atoms with E-state index < -0.39 is 22.8 Å². The molecule has 0 aliphatic heterocycles. The van der Waals surface area contributed by atoms with E-state index in [4.69, 9.17) is 0 Å². The van der Waals surface area contributed by atoms with Gasteiger partial charge in [-0.25, -0.2) is 13.8 Å². The number of benzene rings is 1. The Morgan fingerprint density at radius 2 is 2.20 bits per heavy atom. The van der Waals surface area contributed by atoms with Crippen LogP contribution in [0.2, 0.25) is 0 Å². The van der Waals surface area contributed by atoms with Gasteiger partial charge >= 0.3 is 0 Å². The van der Waals surface area contributed by atoms with Crippen LogP contribution in [0.25, 0.3) is 0 Å². The number of carbonyl (C=O) groups is 1. The number of aromatic nitrogens is 1. The van der Waals surface area contributed by atoms with Crippen LogP contribution in [0.4, 0.5) is 14.5 Å². The van der Waals surface area contributed by atoms with E-state index in [9.17, 15) is 13.6 Å². The first-order valence-electron chi connectivity index (χ1n) is 5.80. The van der Waals surface area contributed by atoms with Gasteiger partial charge in [-0.3, -0.25) is 4.79 Å². The lowest BCUT2D eigenvalue weighted by atomic mass is 10.3. The van der Waals surface area contributed by atoms with Crippen molar-refractivity contribution >= 4 is 34.7 Å². The Labute approximate surface area is 123 Å². The van der Waals surface area contributed by atoms with E-state index in [1.165, 1.54) is 23.1 Å². The van der Waals surface area contributed by atoms with E-state index in [2.05, 4.69) is 10.3 Å². The van der Waals surface area contributed by atoms with Crippen LogP contribution in [0.5, 0.6) is 0 Å². The molecular formula is C13H12F2N2OS2. The van der Waals surface area contributed by atoms with E-state index in [1.807, 2.05) is 12.3 Å². The molecule has 2 aromatic rings. The standard InChI is InChI=1S/C13H12F2N2OS2/c1-7-6-19-13(16-7)20-8(2)12(18)17-11-5-9(14)3-4-10(11)15/h3-6,8H,1-2H3,(H,17,18)/t8-/m0/s1. The fourth-order valence-corrected chi connectivity index (χ4v) is 3.40. The number of thioether (sulfide) groups is 1. The minimum atomic E-state index is -0.665. The van der Waals surface area contributed by atoms with Crippen molar-refractivity contribution < 1.29 is 13.6 Å². The highest BCUT2D eigenvalue weighted by Crippen LogP contribution is 2.27. The van der Waals surface area contributed by atoms with E-state index >= 15 is 0 Å². The molecule has 1 N–H and O–H groups in total. The van der Waals surface area contributed by atoms with Crippen LogP contribution in [-0.4, -0.2) is 16.1 Å². The van der Waals surface area contributed by atoms with Gasteiger partial charge in [-0.15, -0.1) is 11.3 Å². The number of halogens is 2. The molecular weight excluding hydrogens is 302 g/mol. The molecule has 7 heteroatoms. The van der Waals surface area contributed by atoms with Crippen molar-refractivity contribution in [3.63, 3.8) is 0 Å². The predicted molar refractivity (Wildman–Crippen MR) is 77.2 cm³/mol. The number of thiazole rings is 1. The second-order valence-electron chi connectivity index (χ2n) is 4.13. The molecule has 0 aliphatic carbocycles. The quantitative estimate of drug-likeness (QED) is 0.872. The smallest absolute Gasteiger partial charge is 0.237 e. The van der Waals surface area contributed by atoms with Crippen LogP contribution in [0.3, 0.4) is 0 Å². The number of amides is 1. The van der Waals surface area contributed by atoms with Gasteiger partial charge in [0.1, 0.15) is 11.6 Å². The first kappa shape index (κ1) is 14.9. The first-order valence-corrected chi connectivity index (χ1v) is 7.56. The maximum Gasteiger partial charge on any atom is 0.237 e. The van der Waals surface area contributed by atoms with Gasteiger partial charge in [-0.05, 0) is 26.0 Å². The summed E-state index contributed by atoms with van der Waals surface area (Å²) < 4.78 is 27.2. The number of aryl methyl sites for hydroxylation is 1. The lowest BCUT2D eigenvalue weighted by molar-refractivity contribution is -0.115. The third kappa shape index (κ3) is 3.77. The molecule has 2 rings (SSSR count). The number of carbonyl (C=O) groups excluding carboxylic acids is 1. The number of hydrogen-bond acceptors (Lipinski definition) is 4. The first-order chi connectivity index (χ1) is 9.45. The molecule has 1 amide bonds. The predicted octanol–water partition coefficient (Wildman–Crippen LogP) is 3.85. The van der Waals surface area contributed by atoms with Gasteiger partial charge in [0.05, 0.1) is 10.9 Å². The lowest BCUT2D eigenvalue weighted by Gasteiger charge is -2.11. The second-order valence-corrected chi connectivity index (χ2v) is 6.57. The molecule has 0 aliphatic rings. The zero-order valence-electron chi connectivity index (χ0n) is 10.8. The Hall–Kier alpha value is -1.47. The van der Waals surface area contributed by atoms with Crippen molar-refractivity contribution in [1.82, 2.24) is 4.98 Å². The number of anilines is 1. The van der Waals surface area contributed by atoms with E-state index in [-0.39, 0.29) is 5.69 Å². The maximum atomic E-state index is 13.4. The minimum Gasteiger partial charge on any atom is -0.323 e. The van der Waals surface area contributed by atoms with Gasteiger partial charge in [0.15, 0.2) is 4.34 Å². The summed E-state index contributed by atoms with van der Waals surface area (Å²) >= 11 is 2.73. The van der Waals surface area contributed by atoms with Crippen LogP contribution >= 0.6 is 23.1 Å². The van der Waals surface area contributed by atoms with Crippen molar-refractivity contribution in [2.24, 2.45) is 0 Å². The monoisotopic (exact) mass is 314 g/mol. The summed E-state index contributed by atoms with van der Waals surface area (Å²) in [7, 11) is 0. The Balaban J connectivity index is 2.02. The average molecular weight is 314 g/mol. The molecule has 20 heavy (non-hydrogen) atoms. The highest BCUT2D eigenvalue weighted by molar-refractivity contribution is 8.02. The molecule has 1 heterocycles. The Kier molecular flexibility index (Phi) is 4.72. The molecule has 3 nitrogen and oxygen atoms in total. The molecule has 1 aromatic carbocycles. The number of nitrogens with one attached hydrogen (secondary N) is 1. The number of nitrogens with zero attached hydrogens (tertiary/aromatic N) is 1. The Morgan fingerprint density at radius 3 is 2.85 bits per heavy atom. The highest BCUT2D eigenvalue weighted by atomic mass is 32.2. The second kappa shape index (κ2) is 6.32. The fraction of sp³-hybridized carbons (Fsp3) is 0.231.